The number of hydrogen-bond donors (Lipinski definition) is 0. The Balaban J connectivity index is 1.53. The number of piperazine rings is 1. The van der Waals surface area contributed by atoms with E-state index in [-0.39, 0.29) is 5.75 Å². The van der Waals surface area contributed by atoms with Crippen LogP contribution in [-0.4, -0.2) is 61.8 Å². The molecule has 134 valence electrons. The Morgan fingerprint density at radius 3 is 2.40 bits per heavy atom. The molecule has 25 heavy (non-hydrogen) atoms. The van der Waals surface area contributed by atoms with Crippen molar-refractivity contribution < 1.29 is 8.42 Å². The fourth-order valence-corrected chi connectivity index (χ4v) is 4.32. The Bertz CT molecular complexity index is 819. The summed E-state index contributed by atoms with van der Waals surface area (Å²) in [4.78, 5) is 13.5. The maximum absolute atomic E-state index is 12.4. The summed E-state index contributed by atoms with van der Waals surface area (Å²) in [5, 5.41) is 0. The molecule has 1 fully saturated rings. The molecule has 2 heterocycles. The molecule has 0 radical (unpaired) electrons. The first kappa shape index (κ1) is 18.3. The Labute approximate surface area is 156 Å². The number of rotatable bonds is 5. The van der Waals surface area contributed by atoms with Crippen LogP contribution >= 0.6 is 15.9 Å². The molecule has 0 atom stereocenters. The van der Waals surface area contributed by atoms with Crippen LogP contribution < -0.4 is 4.90 Å². The predicted octanol–water partition coefficient (Wildman–Crippen LogP) is 2.14. The van der Waals surface area contributed by atoms with Crippen LogP contribution in [0.2, 0.25) is 0 Å². The molecule has 1 aromatic heterocycles. The SMILES string of the molecule is Cc1ccnc(N2CCN(CCS(=O)(=O)c3ccc(Br)cc3)CC2)n1. The molecule has 1 aliphatic rings. The van der Waals surface area contributed by atoms with Crippen LogP contribution in [0.5, 0.6) is 0 Å². The molecule has 0 bridgehead atoms. The zero-order chi connectivity index (χ0) is 17.9. The molecule has 1 aromatic carbocycles. The van der Waals surface area contributed by atoms with Crippen molar-refractivity contribution in [3.8, 4) is 0 Å². The second-order valence-electron chi connectivity index (χ2n) is 6.10. The quantitative estimate of drug-likeness (QED) is 0.732. The van der Waals surface area contributed by atoms with Crippen LogP contribution in [0.1, 0.15) is 5.69 Å². The molecule has 3 rings (SSSR count). The van der Waals surface area contributed by atoms with E-state index in [4.69, 9.17) is 0 Å². The molecule has 6 nitrogen and oxygen atoms in total. The molecular weight excluding hydrogens is 404 g/mol. The van der Waals surface area contributed by atoms with Gasteiger partial charge in [-0.3, -0.25) is 4.90 Å². The number of benzene rings is 1. The third-order valence-corrected chi connectivity index (χ3v) is 6.53. The molecule has 0 spiro atoms. The first-order valence-corrected chi connectivity index (χ1v) is 10.6. The van der Waals surface area contributed by atoms with Gasteiger partial charge < -0.3 is 4.90 Å². The van der Waals surface area contributed by atoms with Crippen LogP contribution in [0.4, 0.5) is 5.95 Å². The highest BCUT2D eigenvalue weighted by atomic mass is 79.9. The topological polar surface area (TPSA) is 66.4 Å². The van der Waals surface area contributed by atoms with Gasteiger partial charge in [-0.05, 0) is 37.3 Å². The number of aromatic nitrogens is 2. The zero-order valence-corrected chi connectivity index (χ0v) is 16.5. The van der Waals surface area contributed by atoms with Crippen molar-refractivity contribution in [3.63, 3.8) is 0 Å². The molecule has 0 N–H and O–H groups in total. The fraction of sp³-hybridized carbons (Fsp3) is 0.412. The summed E-state index contributed by atoms with van der Waals surface area (Å²) in [6, 6.07) is 8.69. The molecule has 0 unspecified atom stereocenters. The second kappa shape index (κ2) is 7.80. The largest absolute Gasteiger partial charge is 0.338 e. The van der Waals surface area contributed by atoms with Gasteiger partial charge in [-0.25, -0.2) is 18.4 Å². The van der Waals surface area contributed by atoms with Crippen molar-refractivity contribution in [2.24, 2.45) is 0 Å². The monoisotopic (exact) mass is 424 g/mol. The maximum atomic E-state index is 12.4. The fourth-order valence-electron chi connectivity index (χ4n) is 2.77. The summed E-state index contributed by atoms with van der Waals surface area (Å²) in [5.41, 5.74) is 0.952. The predicted molar refractivity (Wildman–Crippen MR) is 102 cm³/mol. The summed E-state index contributed by atoms with van der Waals surface area (Å²) in [6.45, 7) is 5.74. The van der Waals surface area contributed by atoms with E-state index in [0.29, 0.717) is 11.4 Å². The maximum Gasteiger partial charge on any atom is 0.225 e. The minimum atomic E-state index is -3.25. The third-order valence-electron chi connectivity index (χ3n) is 4.29. The van der Waals surface area contributed by atoms with Crippen molar-refractivity contribution in [1.29, 1.82) is 0 Å². The smallest absolute Gasteiger partial charge is 0.225 e. The molecule has 0 saturated carbocycles. The standard InChI is InChI=1S/C17H21BrN4O2S/c1-14-6-7-19-17(20-14)22-10-8-21(9-11-22)12-13-25(23,24)16-4-2-15(18)3-5-16/h2-7H,8-13H2,1H3. The van der Waals surface area contributed by atoms with E-state index < -0.39 is 9.84 Å². The molecule has 1 aliphatic heterocycles. The third kappa shape index (κ3) is 4.77. The number of sulfone groups is 1. The summed E-state index contributed by atoms with van der Waals surface area (Å²) < 4.78 is 25.7. The van der Waals surface area contributed by atoms with Gasteiger partial charge >= 0.3 is 0 Å². The van der Waals surface area contributed by atoms with E-state index in [1.54, 1.807) is 30.5 Å². The highest BCUT2D eigenvalue weighted by molar-refractivity contribution is 9.10. The van der Waals surface area contributed by atoms with E-state index in [0.717, 1.165) is 42.3 Å². The zero-order valence-electron chi connectivity index (χ0n) is 14.1. The van der Waals surface area contributed by atoms with Gasteiger partial charge in [0.1, 0.15) is 0 Å². The molecular formula is C17H21BrN4O2S. The van der Waals surface area contributed by atoms with Gasteiger partial charge in [-0.1, -0.05) is 15.9 Å². The lowest BCUT2D eigenvalue weighted by atomic mass is 10.3. The number of aryl methyl sites for hydroxylation is 1. The lowest BCUT2D eigenvalue weighted by Crippen LogP contribution is -2.48. The first-order chi connectivity index (χ1) is 11.9. The summed E-state index contributed by atoms with van der Waals surface area (Å²) in [7, 11) is -3.25. The molecule has 2 aromatic rings. The van der Waals surface area contributed by atoms with Crippen LogP contribution in [0.25, 0.3) is 0 Å². The summed E-state index contributed by atoms with van der Waals surface area (Å²) >= 11 is 3.33. The Morgan fingerprint density at radius 1 is 1.08 bits per heavy atom. The van der Waals surface area contributed by atoms with E-state index in [1.807, 2.05) is 13.0 Å². The number of hydrogen-bond acceptors (Lipinski definition) is 6. The Kier molecular flexibility index (Phi) is 5.71. The van der Waals surface area contributed by atoms with Crippen LogP contribution in [-0.2, 0) is 9.84 Å². The second-order valence-corrected chi connectivity index (χ2v) is 9.12. The van der Waals surface area contributed by atoms with E-state index >= 15 is 0 Å². The lowest BCUT2D eigenvalue weighted by Gasteiger charge is -2.34. The average Bonchev–Trinajstić information content (AvgIpc) is 2.61. The van der Waals surface area contributed by atoms with E-state index in [2.05, 4.69) is 35.7 Å². The van der Waals surface area contributed by atoms with Gasteiger partial charge in [0.05, 0.1) is 10.6 Å². The Hall–Kier alpha value is -1.51. The van der Waals surface area contributed by atoms with Gasteiger partial charge in [0.15, 0.2) is 9.84 Å². The highest BCUT2D eigenvalue weighted by Gasteiger charge is 2.21. The average molecular weight is 425 g/mol. The van der Waals surface area contributed by atoms with Crippen molar-refractivity contribution in [2.45, 2.75) is 11.8 Å². The highest BCUT2D eigenvalue weighted by Crippen LogP contribution is 2.17. The van der Waals surface area contributed by atoms with Crippen LogP contribution in [0.3, 0.4) is 0 Å². The number of halogens is 1. The van der Waals surface area contributed by atoms with Crippen molar-refractivity contribution >= 4 is 31.7 Å². The van der Waals surface area contributed by atoms with E-state index in [1.165, 1.54) is 0 Å². The first-order valence-electron chi connectivity index (χ1n) is 8.19. The van der Waals surface area contributed by atoms with Gasteiger partial charge in [0, 0.05) is 49.1 Å². The van der Waals surface area contributed by atoms with Crippen molar-refractivity contribution in [1.82, 2.24) is 14.9 Å². The number of nitrogens with zero attached hydrogens (tertiary/aromatic N) is 4. The lowest BCUT2D eigenvalue weighted by molar-refractivity contribution is 0.270. The van der Waals surface area contributed by atoms with Gasteiger partial charge in [0.2, 0.25) is 5.95 Å². The molecule has 1 saturated heterocycles. The molecule has 0 amide bonds. The number of anilines is 1. The minimum absolute atomic E-state index is 0.135. The van der Waals surface area contributed by atoms with Crippen molar-refractivity contribution in [3.05, 3.63) is 46.7 Å². The molecule has 0 aliphatic carbocycles. The van der Waals surface area contributed by atoms with Crippen molar-refractivity contribution in [2.75, 3.05) is 43.4 Å². The van der Waals surface area contributed by atoms with Gasteiger partial charge in [-0.15, -0.1) is 0 Å². The van der Waals surface area contributed by atoms with Crippen LogP contribution in [0, 0.1) is 6.92 Å². The van der Waals surface area contributed by atoms with Gasteiger partial charge in [-0.2, -0.15) is 0 Å². The summed E-state index contributed by atoms with van der Waals surface area (Å²) in [6.07, 6.45) is 1.77. The summed E-state index contributed by atoms with van der Waals surface area (Å²) in [5.74, 6) is 0.886. The molecule has 8 heteroatoms. The normalized spacial score (nSPS) is 16.2. The van der Waals surface area contributed by atoms with E-state index in [9.17, 15) is 8.42 Å². The minimum Gasteiger partial charge on any atom is -0.338 e. The van der Waals surface area contributed by atoms with Crippen LogP contribution in [0.15, 0.2) is 45.9 Å². The Morgan fingerprint density at radius 2 is 1.76 bits per heavy atom. The van der Waals surface area contributed by atoms with Gasteiger partial charge in [0.25, 0.3) is 0 Å².